The molecule has 3 rings (SSSR count). The van der Waals surface area contributed by atoms with Crippen molar-refractivity contribution in [1.82, 2.24) is 0 Å². The summed E-state index contributed by atoms with van der Waals surface area (Å²) in [6, 6.07) is 14.2. The fraction of sp³-hybridized carbons (Fsp3) is 0.200. The minimum absolute atomic E-state index is 0.219. The van der Waals surface area contributed by atoms with Gasteiger partial charge in [0.1, 0.15) is 0 Å². The van der Waals surface area contributed by atoms with Crippen LogP contribution in [-0.2, 0) is 6.42 Å². The van der Waals surface area contributed by atoms with Crippen molar-refractivity contribution in [2.45, 2.75) is 26.7 Å². The van der Waals surface area contributed by atoms with Gasteiger partial charge >= 0.3 is 0 Å². The maximum atomic E-state index is 12.2. The summed E-state index contributed by atoms with van der Waals surface area (Å²) in [6.45, 7) is 4.24. The molecule has 4 N–H and O–H groups in total. The lowest BCUT2D eigenvalue weighted by atomic mass is 9.81. The molecule has 2 aromatic rings. The standard InChI is InChI=1S/C20H21N3O/c1-12-4-3-5-15(10-12)18-13(2)6-7-14-8-9-16(11-17(14)18)19(24)23-20(21)22/h3-5,8-11H,6-7H2,1-2H3,(H4,21,22,23,24). The molecule has 4 heteroatoms. The van der Waals surface area contributed by atoms with Gasteiger partial charge in [0, 0.05) is 5.56 Å². The summed E-state index contributed by atoms with van der Waals surface area (Å²) in [5.74, 6) is -0.632. The Bertz CT molecular complexity index is 874. The van der Waals surface area contributed by atoms with Crippen molar-refractivity contribution in [3.8, 4) is 0 Å². The molecule has 0 heterocycles. The average molecular weight is 319 g/mol. The number of carbonyl (C=O) groups excluding carboxylic acids is 1. The summed E-state index contributed by atoms with van der Waals surface area (Å²) in [4.78, 5) is 15.8. The monoisotopic (exact) mass is 319 g/mol. The number of hydrogen-bond donors (Lipinski definition) is 2. The zero-order valence-electron chi connectivity index (χ0n) is 14.0. The van der Waals surface area contributed by atoms with E-state index < -0.39 is 5.91 Å². The Hall–Kier alpha value is -2.88. The average Bonchev–Trinajstić information content (AvgIpc) is 2.53. The first-order chi connectivity index (χ1) is 11.5. The number of fused-ring (bicyclic) bond motifs is 1. The Kier molecular flexibility index (Phi) is 4.21. The molecule has 24 heavy (non-hydrogen) atoms. The van der Waals surface area contributed by atoms with Crippen molar-refractivity contribution in [3.05, 3.63) is 75.9 Å². The van der Waals surface area contributed by atoms with Crippen molar-refractivity contribution < 1.29 is 4.79 Å². The second kappa shape index (κ2) is 6.32. The molecule has 0 atom stereocenters. The van der Waals surface area contributed by atoms with E-state index >= 15 is 0 Å². The van der Waals surface area contributed by atoms with Crippen LogP contribution in [0.4, 0.5) is 0 Å². The number of nitrogens with zero attached hydrogens (tertiary/aromatic N) is 1. The number of rotatable bonds is 2. The molecule has 1 amide bonds. The van der Waals surface area contributed by atoms with Crippen molar-refractivity contribution >= 4 is 17.4 Å². The van der Waals surface area contributed by atoms with Crippen LogP contribution in [0.2, 0.25) is 0 Å². The van der Waals surface area contributed by atoms with Gasteiger partial charge in [-0.1, -0.05) is 41.5 Å². The van der Waals surface area contributed by atoms with Crippen LogP contribution in [0.5, 0.6) is 0 Å². The van der Waals surface area contributed by atoms with Gasteiger partial charge in [-0.15, -0.1) is 0 Å². The predicted octanol–water partition coefficient (Wildman–Crippen LogP) is 3.18. The van der Waals surface area contributed by atoms with E-state index in [1.54, 1.807) is 6.07 Å². The molecule has 0 fully saturated rings. The highest BCUT2D eigenvalue weighted by Crippen LogP contribution is 2.36. The summed E-state index contributed by atoms with van der Waals surface area (Å²) in [5.41, 5.74) is 18.4. The first-order valence-electron chi connectivity index (χ1n) is 8.00. The number of guanidine groups is 1. The van der Waals surface area contributed by atoms with Crippen molar-refractivity contribution in [1.29, 1.82) is 0 Å². The summed E-state index contributed by atoms with van der Waals surface area (Å²) in [6.07, 6.45) is 2.00. The molecule has 4 nitrogen and oxygen atoms in total. The van der Waals surface area contributed by atoms with Crippen molar-refractivity contribution in [2.24, 2.45) is 16.5 Å². The van der Waals surface area contributed by atoms with Gasteiger partial charge in [0.2, 0.25) is 0 Å². The molecule has 1 aliphatic carbocycles. The second-order valence-electron chi connectivity index (χ2n) is 6.24. The zero-order valence-corrected chi connectivity index (χ0v) is 14.0. The van der Waals surface area contributed by atoms with Gasteiger partial charge in [0.25, 0.3) is 5.91 Å². The van der Waals surface area contributed by atoms with Crippen LogP contribution in [0, 0.1) is 6.92 Å². The molecular weight excluding hydrogens is 298 g/mol. The van der Waals surface area contributed by atoms with E-state index in [4.69, 9.17) is 11.5 Å². The number of allylic oxidation sites excluding steroid dienone is 1. The number of nitrogens with two attached hydrogens (primary N) is 2. The molecule has 0 aromatic heterocycles. The zero-order chi connectivity index (χ0) is 17.3. The van der Waals surface area contributed by atoms with Crippen LogP contribution in [0.15, 0.2) is 53.0 Å². The van der Waals surface area contributed by atoms with Gasteiger partial charge in [-0.3, -0.25) is 4.79 Å². The Balaban J connectivity index is 2.14. The molecular formula is C20H21N3O. The molecule has 0 bridgehead atoms. The van der Waals surface area contributed by atoms with E-state index in [0.29, 0.717) is 5.56 Å². The quantitative estimate of drug-likeness (QED) is 0.659. The number of carbonyl (C=O) groups is 1. The van der Waals surface area contributed by atoms with Crippen molar-refractivity contribution in [3.63, 3.8) is 0 Å². The maximum absolute atomic E-state index is 12.2. The van der Waals surface area contributed by atoms with Crippen LogP contribution in [0.1, 0.15) is 46.0 Å². The highest BCUT2D eigenvalue weighted by Gasteiger charge is 2.20. The Morgan fingerprint density at radius 2 is 1.83 bits per heavy atom. The lowest BCUT2D eigenvalue weighted by Gasteiger charge is -2.23. The second-order valence-corrected chi connectivity index (χ2v) is 6.24. The van der Waals surface area contributed by atoms with E-state index in [9.17, 15) is 4.79 Å². The topological polar surface area (TPSA) is 81.5 Å². The smallest absolute Gasteiger partial charge is 0.280 e. The molecule has 0 unspecified atom stereocenters. The van der Waals surface area contributed by atoms with Crippen LogP contribution >= 0.6 is 0 Å². The normalized spacial score (nSPS) is 13.4. The van der Waals surface area contributed by atoms with E-state index in [2.05, 4.69) is 43.1 Å². The lowest BCUT2D eigenvalue weighted by molar-refractivity contribution is 0.100. The number of amides is 1. The van der Waals surface area contributed by atoms with E-state index in [1.807, 2.05) is 12.1 Å². The largest absolute Gasteiger partial charge is 0.370 e. The van der Waals surface area contributed by atoms with Gasteiger partial charge in [0.05, 0.1) is 0 Å². The maximum Gasteiger partial charge on any atom is 0.280 e. The third-order valence-corrected chi connectivity index (χ3v) is 4.36. The number of benzene rings is 2. The van der Waals surface area contributed by atoms with Gasteiger partial charge in [-0.25, -0.2) is 0 Å². The Labute approximate surface area is 141 Å². The van der Waals surface area contributed by atoms with Gasteiger partial charge < -0.3 is 11.5 Å². The Morgan fingerprint density at radius 3 is 2.54 bits per heavy atom. The van der Waals surface area contributed by atoms with Gasteiger partial charge in [-0.2, -0.15) is 4.99 Å². The van der Waals surface area contributed by atoms with Crippen LogP contribution in [-0.4, -0.2) is 11.9 Å². The lowest BCUT2D eigenvalue weighted by Crippen LogP contribution is -2.24. The molecule has 0 radical (unpaired) electrons. The highest BCUT2D eigenvalue weighted by molar-refractivity contribution is 6.03. The van der Waals surface area contributed by atoms with Crippen LogP contribution < -0.4 is 11.5 Å². The fourth-order valence-electron chi connectivity index (χ4n) is 3.22. The summed E-state index contributed by atoms with van der Waals surface area (Å²) in [7, 11) is 0. The molecule has 0 saturated carbocycles. The SMILES string of the molecule is CC1=C(c2cccc(C)c2)c2cc(C(=O)N=C(N)N)ccc2CC1. The number of aryl methyl sites for hydroxylation is 2. The molecule has 2 aromatic carbocycles. The Morgan fingerprint density at radius 1 is 1.04 bits per heavy atom. The molecule has 122 valence electrons. The molecule has 0 saturated heterocycles. The summed E-state index contributed by atoms with van der Waals surface area (Å²) < 4.78 is 0. The predicted molar refractivity (Wildman–Crippen MR) is 97.8 cm³/mol. The van der Waals surface area contributed by atoms with E-state index in [0.717, 1.165) is 18.4 Å². The minimum atomic E-state index is -0.412. The fourth-order valence-corrected chi connectivity index (χ4v) is 3.22. The first-order valence-corrected chi connectivity index (χ1v) is 8.00. The van der Waals surface area contributed by atoms with Gasteiger partial charge in [0.15, 0.2) is 5.96 Å². The summed E-state index contributed by atoms with van der Waals surface area (Å²) in [5, 5.41) is 0. The molecule has 1 aliphatic rings. The van der Waals surface area contributed by atoms with E-state index in [-0.39, 0.29) is 5.96 Å². The number of aliphatic imine (C=N–C) groups is 1. The highest BCUT2D eigenvalue weighted by atomic mass is 16.1. The van der Waals surface area contributed by atoms with Gasteiger partial charge in [-0.05, 0) is 61.1 Å². The van der Waals surface area contributed by atoms with Crippen LogP contribution in [0.25, 0.3) is 5.57 Å². The van der Waals surface area contributed by atoms with E-state index in [1.165, 1.54) is 27.8 Å². The van der Waals surface area contributed by atoms with Crippen LogP contribution in [0.3, 0.4) is 0 Å². The minimum Gasteiger partial charge on any atom is -0.370 e. The number of hydrogen-bond acceptors (Lipinski definition) is 1. The van der Waals surface area contributed by atoms with Crippen molar-refractivity contribution in [2.75, 3.05) is 0 Å². The summed E-state index contributed by atoms with van der Waals surface area (Å²) >= 11 is 0. The third-order valence-electron chi connectivity index (χ3n) is 4.36. The third kappa shape index (κ3) is 3.08. The molecule has 0 aliphatic heterocycles. The molecule has 0 spiro atoms. The first kappa shape index (κ1) is 16.0.